The molecule has 0 aliphatic rings. The summed E-state index contributed by atoms with van der Waals surface area (Å²) in [5.41, 5.74) is 1.04. The van der Waals surface area contributed by atoms with E-state index in [1.165, 1.54) is 20.0 Å². The highest BCUT2D eigenvalue weighted by Crippen LogP contribution is 2.26. The molecule has 1 aromatic rings. The molecule has 0 amide bonds. The summed E-state index contributed by atoms with van der Waals surface area (Å²) in [6.45, 7) is 2.17. The molecular weight excluding hydrogens is 264 g/mol. The van der Waals surface area contributed by atoms with Crippen molar-refractivity contribution >= 4 is 5.78 Å². The first-order valence-electron chi connectivity index (χ1n) is 7.72. The molecule has 21 heavy (non-hydrogen) atoms. The second-order valence-corrected chi connectivity index (χ2v) is 5.22. The van der Waals surface area contributed by atoms with Gasteiger partial charge in [0.1, 0.15) is 0 Å². The van der Waals surface area contributed by atoms with Gasteiger partial charge in [0, 0.05) is 6.42 Å². The smallest absolute Gasteiger partial charge is 0.160 e. The first kappa shape index (κ1) is 17.3. The van der Waals surface area contributed by atoms with E-state index in [2.05, 4.69) is 6.92 Å². The molecule has 0 aliphatic heterocycles. The van der Waals surface area contributed by atoms with Crippen molar-refractivity contribution in [1.82, 2.24) is 0 Å². The highest BCUT2D eigenvalue weighted by Gasteiger charge is 2.02. The number of phenolic OH excluding ortho intramolecular Hbond substituents is 1. The zero-order valence-corrected chi connectivity index (χ0v) is 13.1. The topological polar surface area (TPSA) is 46.5 Å². The van der Waals surface area contributed by atoms with Crippen LogP contribution in [-0.2, 0) is 11.2 Å². The van der Waals surface area contributed by atoms with Gasteiger partial charge >= 0.3 is 0 Å². The number of ether oxygens (including phenoxy) is 1. The minimum absolute atomic E-state index is 0.158. The lowest BCUT2D eigenvalue weighted by molar-refractivity contribution is -0.114. The monoisotopic (exact) mass is 290 g/mol. The van der Waals surface area contributed by atoms with Gasteiger partial charge in [0.2, 0.25) is 0 Å². The van der Waals surface area contributed by atoms with Gasteiger partial charge in [-0.15, -0.1) is 0 Å². The predicted octanol–water partition coefficient (Wildman–Crippen LogP) is 4.43. The molecule has 0 aliphatic carbocycles. The zero-order valence-electron chi connectivity index (χ0n) is 13.1. The summed E-state index contributed by atoms with van der Waals surface area (Å²) in [5, 5.41) is 9.68. The van der Waals surface area contributed by atoms with Gasteiger partial charge in [-0.3, -0.25) is 4.79 Å². The highest BCUT2D eigenvalue weighted by molar-refractivity contribution is 5.89. The Morgan fingerprint density at radius 2 is 2.10 bits per heavy atom. The number of aryl methyl sites for hydroxylation is 1. The number of phenols is 1. The quantitative estimate of drug-likeness (QED) is 0.512. The standard InChI is InChI=1S/C18H26O3/c1-3-4-5-6-10-16(19)11-8-7-9-15-12-13-18(21-2)17(20)14-15/h8,11-14,20H,3-7,9-10H2,1-2H3. The van der Waals surface area contributed by atoms with Crippen LogP contribution in [0.25, 0.3) is 0 Å². The van der Waals surface area contributed by atoms with Crippen molar-refractivity contribution in [3.63, 3.8) is 0 Å². The zero-order chi connectivity index (χ0) is 15.5. The third kappa shape index (κ3) is 6.98. The summed E-state index contributed by atoms with van der Waals surface area (Å²) >= 11 is 0. The summed E-state index contributed by atoms with van der Waals surface area (Å²) in [5.74, 6) is 0.853. The molecule has 0 aromatic heterocycles. The summed E-state index contributed by atoms with van der Waals surface area (Å²) in [6, 6.07) is 5.39. The van der Waals surface area contributed by atoms with Crippen LogP contribution in [0.1, 0.15) is 51.0 Å². The third-order valence-electron chi connectivity index (χ3n) is 3.42. The van der Waals surface area contributed by atoms with Crippen molar-refractivity contribution in [2.24, 2.45) is 0 Å². The Bertz CT molecular complexity index is 464. The molecule has 3 nitrogen and oxygen atoms in total. The minimum Gasteiger partial charge on any atom is -0.504 e. The van der Waals surface area contributed by atoms with E-state index in [1.54, 1.807) is 18.2 Å². The van der Waals surface area contributed by atoms with Gasteiger partial charge in [-0.05, 0) is 43.0 Å². The Morgan fingerprint density at radius 3 is 2.76 bits per heavy atom. The second kappa shape index (κ2) is 10.0. The molecule has 0 atom stereocenters. The number of allylic oxidation sites excluding steroid dienone is 2. The number of benzene rings is 1. The number of rotatable bonds is 10. The van der Waals surface area contributed by atoms with Gasteiger partial charge in [0.25, 0.3) is 0 Å². The van der Waals surface area contributed by atoms with Crippen molar-refractivity contribution in [2.45, 2.75) is 51.9 Å². The van der Waals surface area contributed by atoms with Crippen LogP contribution in [0, 0.1) is 0 Å². The number of unbranched alkanes of at least 4 members (excludes halogenated alkanes) is 3. The number of methoxy groups -OCH3 is 1. The molecule has 1 N–H and O–H groups in total. The van der Waals surface area contributed by atoms with Gasteiger partial charge in [-0.25, -0.2) is 0 Å². The average molecular weight is 290 g/mol. The minimum atomic E-state index is 0.158. The van der Waals surface area contributed by atoms with Crippen LogP contribution in [0.4, 0.5) is 0 Å². The van der Waals surface area contributed by atoms with E-state index in [-0.39, 0.29) is 11.5 Å². The Kier molecular flexibility index (Phi) is 8.25. The largest absolute Gasteiger partial charge is 0.504 e. The summed E-state index contributed by atoms with van der Waals surface area (Å²) < 4.78 is 5.00. The SMILES string of the molecule is CCCCCCC(=O)C=CCCc1ccc(OC)c(O)c1. The number of hydrogen-bond donors (Lipinski definition) is 1. The van der Waals surface area contributed by atoms with E-state index >= 15 is 0 Å². The highest BCUT2D eigenvalue weighted by atomic mass is 16.5. The first-order valence-corrected chi connectivity index (χ1v) is 7.72. The van der Waals surface area contributed by atoms with Crippen molar-refractivity contribution in [1.29, 1.82) is 0 Å². The fourth-order valence-electron chi connectivity index (χ4n) is 2.17. The molecule has 0 saturated carbocycles. The second-order valence-electron chi connectivity index (χ2n) is 5.22. The molecule has 116 valence electrons. The number of aromatic hydroxyl groups is 1. The van der Waals surface area contributed by atoms with Crippen molar-refractivity contribution in [3.8, 4) is 11.5 Å². The normalized spacial score (nSPS) is 11.0. The maximum absolute atomic E-state index is 11.6. The van der Waals surface area contributed by atoms with Gasteiger partial charge in [-0.1, -0.05) is 38.3 Å². The molecule has 1 aromatic carbocycles. The van der Waals surface area contributed by atoms with Crippen LogP contribution in [0.3, 0.4) is 0 Å². The maximum atomic E-state index is 11.6. The predicted molar refractivity (Wildman–Crippen MR) is 85.9 cm³/mol. The van der Waals surface area contributed by atoms with Gasteiger partial charge in [0.05, 0.1) is 7.11 Å². The summed E-state index contributed by atoms with van der Waals surface area (Å²) in [7, 11) is 1.53. The molecule has 0 bridgehead atoms. The fourth-order valence-corrected chi connectivity index (χ4v) is 2.17. The number of carbonyl (C=O) groups excluding carboxylic acids is 1. The fraction of sp³-hybridized carbons (Fsp3) is 0.500. The summed E-state index contributed by atoms with van der Waals surface area (Å²) in [4.78, 5) is 11.6. The lowest BCUT2D eigenvalue weighted by Crippen LogP contribution is -1.92. The molecule has 0 unspecified atom stereocenters. The number of hydrogen-bond acceptors (Lipinski definition) is 3. The van der Waals surface area contributed by atoms with Crippen LogP contribution in [0.2, 0.25) is 0 Å². The van der Waals surface area contributed by atoms with E-state index < -0.39 is 0 Å². The Morgan fingerprint density at radius 1 is 1.29 bits per heavy atom. The van der Waals surface area contributed by atoms with Crippen LogP contribution in [0.15, 0.2) is 30.4 Å². The molecular formula is C18H26O3. The first-order chi connectivity index (χ1) is 10.2. The van der Waals surface area contributed by atoms with Crippen molar-refractivity contribution in [2.75, 3.05) is 7.11 Å². The third-order valence-corrected chi connectivity index (χ3v) is 3.42. The molecule has 0 fully saturated rings. The molecule has 1 rings (SSSR count). The molecule has 0 radical (unpaired) electrons. The molecule has 0 spiro atoms. The van der Waals surface area contributed by atoms with Crippen LogP contribution in [0.5, 0.6) is 11.5 Å². The van der Waals surface area contributed by atoms with E-state index in [9.17, 15) is 9.90 Å². The molecule has 3 heteroatoms. The van der Waals surface area contributed by atoms with Crippen LogP contribution < -0.4 is 4.74 Å². The lowest BCUT2D eigenvalue weighted by Gasteiger charge is -2.05. The van der Waals surface area contributed by atoms with E-state index in [0.29, 0.717) is 12.2 Å². The number of ketones is 1. The molecule has 0 heterocycles. The molecule has 0 saturated heterocycles. The van der Waals surface area contributed by atoms with Crippen molar-refractivity contribution < 1.29 is 14.6 Å². The summed E-state index contributed by atoms with van der Waals surface area (Å²) in [6.07, 6.45) is 10.4. The van der Waals surface area contributed by atoms with E-state index in [1.807, 2.05) is 12.1 Å². The Hall–Kier alpha value is -1.77. The van der Waals surface area contributed by atoms with Gasteiger partial charge < -0.3 is 9.84 Å². The van der Waals surface area contributed by atoms with Gasteiger partial charge in [0.15, 0.2) is 17.3 Å². The average Bonchev–Trinajstić information content (AvgIpc) is 2.48. The van der Waals surface area contributed by atoms with E-state index in [4.69, 9.17) is 4.74 Å². The van der Waals surface area contributed by atoms with Gasteiger partial charge in [-0.2, -0.15) is 0 Å². The maximum Gasteiger partial charge on any atom is 0.160 e. The van der Waals surface area contributed by atoms with Crippen LogP contribution in [-0.4, -0.2) is 18.0 Å². The van der Waals surface area contributed by atoms with E-state index in [0.717, 1.165) is 31.2 Å². The number of carbonyl (C=O) groups is 1. The Balaban J connectivity index is 2.27. The lowest BCUT2D eigenvalue weighted by atomic mass is 10.1. The van der Waals surface area contributed by atoms with Crippen molar-refractivity contribution in [3.05, 3.63) is 35.9 Å². The Labute approximate surface area is 127 Å². The van der Waals surface area contributed by atoms with Crippen LogP contribution >= 0.6 is 0 Å².